The van der Waals surface area contributed by atoms with E-state index in [0.717, 1.165) is 25.7 Å². The Morgan fingerprint density at radius 2 is 0.656 bits per heavy atom. The van der Waals surface area contributed by atoms with Crippen LogP contribution < -0.4 is 0 Å². The van der Waals surface area contributed by atoms with Crippen molar-refractivity contribution in [2.75, 3.05) is 13.2 Å². The molecule has 192 valence electrons. The lowest BCUT2D eigenvalue weighted by atomic mass is 10.1. The van der Waals surface area contributed by atoms with Gasteiger partial charge in [0.15, 0.2) is 0 Å². The summed E-state index contributed by atoms with van der Waals surface area (Å²) >= 11 is 0. The number of hydrogen-bond acceptors (Lipinski definition) is 4. The molecule has 0 atom stereocenters. The molecule has 0 unspecified atom stereocenters. The smallest absolute Gasteiger partial charge is 0.363 e. The molecule has 0 aliphatic heterocycles. The van der Waals surface area contributed by atoms with Gasteiger partial charge in [-0.2, -0.15) is 0 Å². The van der Waals surface area contributed by atoms with Crippen LogP contribution in [0.2, 0.25) is 0 Å². The van der Waals surface area contributed by atoms with Gasteiger partial charge in [-0.05, 0) is 12.8 Å². The summed E-state index contributed by atoms with van der Waals surface area (Å²) < 4.78 is 10.9. The van der Waals surface area contributed by atoms with Crippen molar-refractivity contribution >= 4 is 0 Å². The van der Waals surface area contributed by atoms with E-state index in [4.69, 9.17) is 9.47 Å². The molecule has 32 heavy (non-hydrogen) atoms. The Balaban J connectivity index is 3.45. The zero-order valence-electron chi connectivity index (χ0n) is 21.7. The standard InChI is InChI=1S/C28H56O4/c1-3-5-7-9-11-13-15-17-19-21-23-25-31-28(27(29)30)32-26-24-22-20-18-16-14-12-10-8-6-4-2/h29-30H,3-26H2,1-2H3. The molecule has 4 heteroatoms. The average Bonchev–Trinajstić information content (AvgIpc) is 2.78. The molecular formula is C28H56O4. The second-order valence-corrected chi connectivity index (χ2v) is 9.38. The highest BCUT2D eigenvalue weighted by atomic mass is 16.7. The topological polar surface area (TPSA) is 58.9 Å². The summed E-state index contributed by atoms with van der Waals surface area (Å²) in [6.45, 7) is 5.48. The molecule has 0 saturated heterocycles. The van der Waals surface area contributed by atoms with Crippen LogP contribution >= 0.6 is 0 Å². The van der Waals surface area contributed by atoms with E-state index in [1.54, 1.807) is 0 Å². The zero-order valence-corrected chi connectivity index (χ0v) is 21.7. The maximum atomic E-state index is 9.35. The molecule has 0 aromatic heterocycles. The monoisotopic (exact) mass is 456 g/mol. The number of unbranched alkanes of at least 4 members (excludes halogenated alkanes) is 20. The number of aliphatic hydroxyl groups excluding tert-OH is 1. The molecule has 0 aliphatic carbocycles. The SMILES string of the molecule is CCCCCCCCCCCCCOC(OCCCCCCCCCCCCC)=C(O)O. The van der Waals surface area contributed by atoms with Gasteiger partial charge in [-0.15, -0.1) is 0 Å². The van der Waals surface area contributed by atoms with Crippen LogP contribution in [0.1, 0.15) is 155 Å². The molecule has 0 saturated carbocycles. The number of hydrogen-bond donors (Lipinski definition) is 2. The van der Waals surface area contributed by atoms with Gasteiger partial charge in [0, 0.05) is 0 Å². The van der Waals surface area contributed by atoms with E-state index >= 15 is 0 Å². The van der Waals surface area contributed by atoms with Crippen LogP contribution in [0.15, 0.2) is 11.9 Å². The summed E-state index contributed by atoms with van der Waals surface area (Å²) in [6, 6.07) is 0. The first-order valence-electron chi connectivity index (χ1n) is 14.1. The molecule has 0 aliphatic rings. The number of ether oxygens (including phenoxy) is 2. The highest BCUT2D eigenvalue weighted by Crippen LogP contribution is 2.14. The van der Waals surface area contributed by atoms with Gasteiger partial charge >= 0.3 is 11.9 Å². The average molecular weight is 457 g/mol. The van der Waals surface area contributed by atoms with E-state index in [9.17, 15) is 10.2 Å². The molecule has 0 rings (SSSR count). The summed E-state index contributed by atoms with van der Waals surface area (Å²) in [5, 5.41) is 18.7. The van der Waals surface area contributed by atoms with Crippen molar-refractivity contribution in [1.29, 1.82) is 0 Å². The van der Waals surface area contributed by atoms with E-state index in [2.05, 4.69) is 13.8 Å². The van der Waals surface area contributed by atoms with Crippen LogP contribution in [-0.4, -0.2) is 23.4 Å². The fourth-order valence-corrected chi connectivity index (χ4v) is 4.03. The molecule has 0 aromatic carbocycles. The third-order valence-corrected chi connectivity index (χ3v) is 6.14. The van der Waals surface area contributed by atoms with Gasteiger partial charge in [0.25, 0.3) is 0 Å². The Morgan fingerprint density at radius 1 is 0.406 bits per heavy atom. The lowest BCUT2D eigenvalue weighted by molar-refractivity contribution is -0.00690. The zero-order chi connectivity index (χ0) is 23.5. The highest BCUT2D eigenvalue weighted by Gasteiger charge is 2.08. The first-order chi connectivity index (χ1) is 15.7. The summed E-state index contributed by atoms with van der Waals surface area (Å²) in [5.74, 6) is -0.944. The maximum Gasteiger partial charge on any atom is 0.363 e. The third kappa shape index (κ3) is 23.6. The molecule has 0 aromatic rings. The van der Waals surface area contributed by atoms with Gasteiger partial charge in [-0.3, -0.25) is 0 Å². The Hall–Kier alpha value is -1.06. The molecule has 0 bridgehead atoms. The van der Waals surface area contributed by atoms with E-state index in [1.165, 1.54) is 116 Å². The van der Waals surface area contributed by atoms with Crippen LogP contribution in [0, 0.1) is 0 Å². The summed E-state index contributed by atoms with van der Waals surface area (Å²) in [7, 11) is 0. The molecule has 0 fully saturated rings. The largest absolute Gasteiger partial charge is 0.476 e. The van der Waals surface area contributed by atoms with Crippen LogP contribution in [0.25, 0.3) is 0 Å². The van der Waals surface area contributed by atoms with Gasteiger partial charge in [0.1, 0.15) is 0 Å². The minimum atomic E-state index is -0.837. The van der Waals surface area contributed by atoms with Crippen molar-refractivity contribution in [3.8, 4) is 0 Å². The van der Waals surface area contributed by atoms with E-state index in [1.807, 2.05) is 0 Å². The lowest BCUT2D eigenvalue weighted by Gasteiger charge is -2.11. The van der Waals surface area contributed by atoms with Gasteiger partial charge in [0.2, 0.25) is 0 Å². The van der Waals surface area contributed by atoms with E-state index < -0.39 is 5.95 Å². The van der Waals surface area contributed by atoms with Gasteiger partial charge in [-0.1, -0.05) is 142 Å². The molecule has 0 amide bonds. The Morgan fingerprint density at radius 3 is 0.906 bits per heavy atom. The summed E-state index contributed by atoms with van der Waals surface area (Å²) in [5.41, 5.74) is 0. The van der Waals surface area contributed by atoms with E-state index in [0.29, 0.717) is 13.2 Å². The second-order valence-electron chi connectivity index (χ2n) is 9.38. The summed E-state index contributed by atoms with van der Waals surface area (Å²) in [4.78, 5) is 0. The van der Waals surface area contributed by atoms with Crippen molar-refractivity contribution in [3.05, 3.63) is 11.9 Å². The van der Waals surface area contributed by atoms with Crippen molar-refractivity contribution in [2.24, 2.45) is 0 Å². The molecule has 0 radical (unpaired) electrons. The molecule has 0 spiro atoms. The lowest BCUT2D eigenvalue weighted by Crippen LogP contribution is -2.05. The molecule has 4 nitrogen and oxygen atoms in total. The van der Waals surface area contributed by atoms with Crippen molar-refractivity contribution in [1.82, 2.24) is 0 Å². The van der Waals surface area contributed by atoms with Crippen molar-refractivity contribution in [2.45, 2.75) is 155 Å². The first-order valence-corrected chi connectivity index (χ1v) is 14.1. The summed E-state index contributed by atoms with van der Waals surface area (Å²) in [6.07, 6.45) is 28.2. The highest BCUT2D eigenvalue weighted by molar-refractivity contribution is 4.81. The molecule has 2 N–H and O–H groups in total. The Bertz CT molecular complexity index is 361. The van der Waals surface area contributed by atoms with Crippen LogP contribution in [-0.2, 0) is 9.47 Å². The van der Waals surface area contributed by atoms with Gasteiger partial charge in [0.05, 0.1) is 13.2 Å². The minimum Gasteiger partial charge on any atom is -0.476 e. The van der Waals surface area contributed by atoms with Gasteiger partial charge < -0.3 is 19.7 Å². The van der Waals surface area contributed by atoms with E-state index in [-0.39, 0.29) is 5.95 Å². The molecular weight excluding hydrogens is 400 g/mol. The van der Waals surface area contributed by atoms with Crippen molar-refractivity contribution < 1.29 is 19.7 Å². The normalized spacial score (nSPS) is 10.9. The van der Waals surface area contributed by atoms with Crippen molar-refractivity contribution in [3.63, 3.8) is 0 Å². The van der Waals surface area contributed by atoms with Crippen LogP contribution in [0.4, 0.5) is 0 Å². The number of rotatable bonds is 26. The number of aliphatic hydroxyl groups is 2. The fraction of sp³-hybridized carbons (Fsp3) is 0.929. The predicted molar refractivity (Wildman–Crippen MR) is 137 cm³/mol. The Kier molecular flexibility index (Phi) is 25.3. The molecule has 0 heterocycles. The predicted octanol–water partition coefficient (Wildman–Crippen LogP) is 9.88. The fourth-order valence-electron chi connectivity index (χ4n) is 4.03. The quantitative estimate of drug-likeness (QED) is 0.100. The Labute approximate surface area is 200 Å². The van der Waals surface area contributed by atoms with Crippen LogP contribution in [0.3, 0.4) is 0 Å². The maximum absolute atomic E-state index is 9.35. The van der Waals surface area contributed by atoms with Crippen LogP contribution in [0.5, 0.6) is 0 Å². The van der Waals surface area contributed by atoms with Gasteiger partial charge in [-0.25, -0.2) is 0 Å². The third-order valence-electron chi connectivity index (χ3n) is 6.14. The minimum absolute atomic E-state index is 0.107. The second kappa shape index (κ2) is 26.2. The first kappa shape index (κ1) is 30.9.